The fourth-order valence-electron chi connectivity index (χ4n) is 2.18. The average Bonchev–Trinajstić information content (AvgIpc) is 2.64. The van der Waals surface area contributed by atoms with Gasteiger partial charge in [0.05, 0.1) is 11.3 Å². The number of hydrazone groups is 1. The van der Waals surface area contributed by atoms with E-state index in [0.29, 0.717) is 11.4 Å². The van der Waals surface area contributed by atoms with Crippen molar-refractivity contribution in [3.8, 4) is 0 Å². The van der Waals surface area contributed by atoms with Gasteiger partial charge in [0.25, 0.3) is 5.91 Å². The summed E-state index contributed by atoms with van der Waals surface area (Å²) in [6, 6.07) is 20.5. The van der Waals surface area contributed by atoms with E-state index >= 15 is 0 Å². The topological polar surface area (TPSA) is 54.4 Å². The third-order valence-electron chi connectivity index (χ3n) is 3.34. The first-order valence-electron chi connectivity index (χ1n) is 7.35. The maximum atomic E-state index is 13.7. The van der Waals surface area contributed by atoms with Crippen molar-refractivity contribution in [2.24, 2.45) is 5.10 Å². The minimum Gasteiger partial charge on any atom is -0.267 e. The quantitative estimate of drug-likeness (QED) is 0.592. The van der Waals surface area contributed by atoms with Gasteiger partial charge in [0.15, 0.2) is 0 Å². The van der Waals surface area contributed by atoms with Crippen LogP contribution >= 0.6 is 0 Å². The second-order valence-electron chi connectivity index (χ2n) is 4.96. The molecular formula is C19H14FN3O. The minimum absolute atomic E-state index is 0.0605. The molecule has 3 rings (SSSR count). The number of carbonyl (C=O) groups is 1. The number of aromatic nitrogens is 1. The fourth-order valence-corrected chi connectivity index (χ4v) is 2.18. The predicted octanol–water partition coefficient (Wildman–Crippen LogP) is 3.40. The minimum atomic E-state index is -0.613. The van der Waals surface area contributed by atoms with Crippen LogP contribution in [0.2, 0.25) is 0 Å². The predicted molar refractivity (Wildman–Crippen MR) is 90.2 cm³/mol. The SMILES string of the molecule is O=C(NN=C(c1ccccc1)c1ccccn1)c1ccccc1F. The Balaban J connectivity index is 1.93. The van der Waals surface area contributed by atoms with Gasteiger partial charge in [0.1, 0.15) is 11.5 Å². The lowest BCUT2D eigenvalue weighted by Crippen LogP contribution is -2.22. The maximum absolute atomic E-state index is 13.7. The molecule has 0 aliphatic carbocycles. The number of amides is 1. The highest BCUT2D eigenvalue weighted by Crippen LogP contribution is 2.09. The largest absolute Gasteiger partial charge is 0.274 e. The molecule has 3 aromatic rings. The number of nitrogens with one attached hydrogen (secondary N) is 1. The Labute approximate surface area is 138 Å². The van der Waals surface area contributed by atoms with Crippen LogP contribution in [0.1, 0.15) is 21.6 Å². The summed E-state index contributed by atoms with van der Waals surface area (Å²) in [5.74, 6) is -1.21. The highest BCUT2D eigenvalue weighted by atomic mass is 19.1. The van der Waals surface area contributed by atoms with E-state index in [1.165, 1.54) is 18.2 Å². The van der Waals surface area contributed by atoms with Gasteiger partial charge in [0.2, 0.25) is 0 Å². The van der Waals surface area contributed by atoms with Crippen molar-refractivity contribution in [1.82, 2.24) is 10.4 Å². The third-order valence-corrected chi connectivity index (χ3v) is 3.34. The van der Waals surface area contributed by atoms with Crippen LogP contribution < -0.4 is 5.43 Å². The number of carbonyl (C=O) groups excluding carboxylic acids is 1. The molecule has 0 radical (unpaired) electrons. The molecule has 0 bridgehead atoms. The van der Waals surface area contributed by atoms with Crippen LogP contribution in [-0.4, -0.2) is 16.6 Å². The first kappa shape index (κ1) is 15.6. The summed E-state index contributed by atoms with van der Waals surface area (Å²) < 4.78 is 13.7. The summed E-state index contributed by atoms with van der Waals surface area (Å²) in [5, 5.41) is 4.17. The van der Waals surface area contributed by atoms with E-state index in [2.05, 4.69) is 15.5 Å². The van der Waals surface area contributed by atoms with Crippen LogP contribution in [0.5, 0.6) is 0 Å². The van der Waals surface area contributed by atoms with Gasteiger partial charge in [-0.15, -0.1) is 0 Å². The van der Waals surface area contributed by atoms with E-state index in [4.69, 9.17) is 0 Å². The van der Waals surface area contributed by atoms with Crippen LogP contribution in [0.3, 0.4) is 0 Å². The van der Waals surface area contributed by atoms with E-state index in [-0.39, 0.29) is 5.56 Å². The monoisotopic (exact) mass is 319 g/mol. The van der Waals surface area contributed by atoms with Gasteiger partial charge in [0, 0.05) is 11.8 Å². The molecule has 24 heavy (non-hydrogen) atoms. The number of halogens is 1. The Morgan fingerprint density at radius 3 is 2.33 bits per heavy atom. The van der Waals surface area contributed by atoms with E-state index in [1.54, 1.807) is 24.4 Å². The van der Waals surface area contributed by atoms with Gasteiger partial charge in [-0.2, -0.15) is 5.10 Å². The number of benzene rings is 2. The van der Waals surface area contributed by atoms with Crippen molar-refractivity contribution in [3.05, 3.63) is 102 Å². The summed E-state index contributed by atoms with van der Waals surface area (Å²) >= 11 is 0. The van der Waals surface area contributed by atoms with Crippen LogP contribution in [0.25, 0.3) is 0 Å². The van der Waals surface area contributed by atoms with E-state index < -0.39 is 11.7 Å². The van der Waals surface area contributed by atoms with Gasteiger partial charge < -0.3 is 0 Å². The van der Waals surface area contributed by atoms with Crippen molar-refractivity contribution in [2.45, 2.75) is 0 Å². The highest BCUT2D eigenvalue weighted by Gasteiger charge is 2.12. The summed E-state index contributed by atoms with van der Waals surface area (Å²) in [6.07, 6.45) is 1.65. The van der Waals surface area contributed by atoms with Gasteiger partial charge in [-0.3, -0.25) is 9.78 Å². The van der Waals surface area contributed by atoms with E-state index in [0.717, 1.165) is 5.56 Å². The lowest BCUT2D eigenvalue weighted by atomic mass is 10.1. The number of hydrogen-bond acceptors (Lipinski definition) is 3. The van der Waals surface area contributed by atoms with Crippen molar-refractivity contribution in [1.29, 1.82) is 0 Å². The molecule has 0 unspecified atom stereocenters. The Morgan fingerprint density at radius 1 is 0.917 bits per heavy atom. The highest BCUT2D eigenvalue weighted by molar-refractivity contribution is 6.12. The molecule has 4 nitrogen and oxygen atoms in total. The molecule has 118 valence electrons. The Kier molecular flexibility index (Phi) is 4.72. The summed E-state index contributed by atoms with van der Waals surface area (Å²) in [6.45, 7) is 0. The first-order valence-corrected chi connectivity index (χ1v) is 7.35. The number of pyridine rings is 1. The molecule has 0 saturated carbocycles. The van der Waals surface area contributed by atoms with Crippen molar-refractivity contribution in [3.63, 3.8) is 0 Å². The average molecular weight is 319 g/mol. The molecule has 0 spiro atoms. The molecule has 1 amide bonds. The molecule has 0 aliphatic rings. The van der Waals surface area contributed by atoms with E-state index in [1.807, 2.05) is 36.4 Å². The molecule has 5 heteroatoms. The zero-order valence-electron chi connectivity index (χ0n) is 12.7. The van der Waals surface area contributed by atoms with Crippen molar-refractivity contribution in [2.75, 3.05) is 0 Å². The maximum Gasteiger partial charge on any atom is 0.274 e. The van der Waals surface area contributed by atoms with Crippen LogP contribution in [0.15, 0.2) is 84.1 Å². The van der Waals surface area contributed by atoms with Crippen molar-refractivity contribution >= 4 is 11.6 Å². The van der Waals surface area contributed by atoms with Gasteiger partial charge >= 0.3 is 0 Å². The Bertz CT molecular complexity index is 823. The smallest absolute Gasteiger partial charge is 0.267 e. The zero-order valence-corrected chi connectivity index (χ0v) is 12.7. The Hall–Kier alpha value is -3.34. The molecule has 0 atom stereocenters. The molecule has 1 N–H and O–H groups in total. The zero-order chi connectivity index (χ0) is 16.8. The molecule has 1 heterocycles. The van der Waals surface area contributed by atoms with Crippen LogP contribution in [-0.2, 0) is 0 Å². The van der Waals surface area contributed by atoms with Crippen LogP contribution in [0, 0.1) is 5.82 Å². The normalized spacial score (nSPS) is 11.1. The molecule has 2 aromatic carbocycles. The summed E-state index contributed by atoms with van der Waals surface area (Å²) in [4.78, 5) is 16.4. The second kappa shape index (κ2) is 7.28. The second-order valence-corrected chi connectivity index (χ2v) is 4.96. The summed E-state index contributed by atoms with van der Waals surface area (Å²) in [7, 11) is 0. The molecule has 0 fully saturated rings. The molecular weight excluding hydrogens is 305 g/mol. The van der Waals surface area contributed by atoms with Crippen molar-refractivity contribution < 1.29 is 9.18 Å². The van der Waals surface area contributed by atoms with Gasteiger partial charge in [-0.05, 0) is 24.3 Å². The van der Waals surface area contributed by atoms with Gasteiger partial charge in [-0.25, -0.2) is 9.82 Å². The lowest BCUT2D eigenvalue weighted by Gasteiger charge is -2.07. The lowest BCUT2D eigenvalue weighted by molar-refractivity contribution is 0.0951. The molecule has 0 saturated heterocycles. The van der Waals surface area contributed by atoms with Gasteiger partial charge in [-0.1, -0.05) is 48.5 Å². The standard InChI is InChI=1S/C19H14FN3O/c20-16-11-5-4-10-15(16)19(24)23-22-18(14-8-2-1-3-9-14)17-12-6-7-13-21-17/h1-13H,(H,23,24). The Morgan fingerprint density at radius 2 is 1.62 bits per heavy atom. The van der Waals surface area contributed by atoms with E-state index in [9.17, 15) is 9.18 Å². The number of rotatable bonds is 4. The molecule has 0 aliphatic heterocycles. The third kappa shape index (κ3) is 3.52. The van der Waals surface area contributed by atoms with Crippen LogP contribution in [0.4, 0.5) is 4.39 Å². The number of nitrogens with zero attached hydrogens (tertiary/aromatic N) is 2. The summed E-state index contributed by atoms with van der Waals surface area (Å²) in [5.41, 5.74) is 4.25. The first-order chi connectivity index (χ1) is 11.8. The fraction of sp³-hybridized carbons (Fsp3) is 0. The number of hydrogen-bond donors (Lipinski definition) is 1. The molecule has 1 aromatic heterocycles.